The molecule has 6 N–H and O–H groups in total. The van der Waals surface area contributed by atoms with E-state index in [1.807, 2.05) is 0 Å². The van der Waals surface area contributed by atoms with Gasteiger partial charge in [0.1, 0.15) is 11.4 Å². The van der Waals surface area contributed by atoms with Gasteiger partial charge in [-0.25, -0.2) is 0 Å². The van der Waals surface area contributed by atoms with Gasteiger partial charge in [0, 0.05) is 30.4 Å². The van der Waals surface area contributed by atoms with Crippen molar-refractivity contribution in [3.8, 4) is 5.75 Å². The molecule has 12 nitrogen and oxygen atoms in total. The van der Waals surface area contributed by atoms with Crippen LogP contribution in [0.25, 0.3) is 0 Å². The SMILES string of the molecule is Cn1cc(C(=O)NCC(=O)NC(CC(=O)O)c2cc(Cl)cc(Cl)c2O)cc(NC2=NCCN2)c1=O. The monoisotopic (exact) mass is 524 g/mol. The van der Waals surface area contributed by atoms with Gasteiger partial charge in [-0.05, 0) is 18.2 Å². The molecule has 186 valence electrons. The van der Waals surface area contributed by atoms with Crippen LogP contribution in [0.5, 0.6) is 5.75 Å². The van der Waals surface area contributed by atoms with Crippen molar-refractivity contribution in [3.63, 3.8) is 0 Å². The lowest BCUT2D eigenvalue weighted by Crippen LogP contribution is -2.39. The number of nitrogens with zero attached hydrogens (tertiary/aromatic N) is 2. The Bertz CT molecular complexity index is 1260. The molecule has 0 saturated heterocycles. The summed E-state index contributed by atoms with van der Waals surface area (Å²) in [6.07, 6.45) is 0.738. The van der Waals surface area contributed by atoms with E-state index in [4.69, 9.17) is 23.2 Å². The number of carbonyl (C=O) groups excluding carboxylic acids is 2. The smallest absolute Gasteiger partial charge is 0.305 e. The van der Waals surface area contributed by atoms with E-state index in [2.05, 4.69) is 26.3 Å². The van der Waals surface area contributed by atoms with Crippen molar-refractivity contribution in [1.29, 1.82) is 0 Å². The van der Waals surface area contributed by atoms with Crippen LogP contribution in [-0.4, -0.2) is 58.2 Å². The maximum atomic E-state index is 12.6. The van der Waals surface area contributed by atoms with Crippen molar-refractivity contribution in [3.05, 3.63) is 55.9 Å². The molecule has 1 atom stereocenters. The molecule has 2 heterocycles. The van der Waals surface area contributed by atoms with Crippen molar-refractivity contribution in [2.24, 2.45) is 12.0 Å². The Hall–Kier alpha value is -3.77. The zero-order valence-electron chi connectivity index (χ0n) is 18.4. The number of anilines is 1. The number of nitrogens with one attached hydrogen (secondary N) is 4. The quantitative estimate of drug-likeness (QED) is 0.294. The summed E-state index contributed by atoms with van der Waals surface area (Å²) in [5.74, 6) is -2.64. The number of aromatic hydroxyl groups is 1. The van der Waals surface area contributed by atoms with Gasteiger partial charge in [-0.1, -0.05) is 23.2 Å². The van der Waals surface area contributed by atoms with Gasteiger partial charge in [0.15, 0.2) is 5.96 Å². The number of hydrogen-bond donors (Lipinski definition) is 6. The maximum Gasteiger partial charge on any atom is 0.305 e. The van der Waals surface area contributed by atoms with Crippen molar-refractivity contribution >= 4 is 52.6 Å². The van der Waals surface area contributed by atoms with Crippen molar-refractivity contribution in [2.45, 2.75) is 12.5 Å². The lowest BCUT2D eigenvalue weighted by atomic mass is 10.0. The van der Waals surface area contributed by atoms with Crippen LogP contribution in [0.2, 0.25) is 10.0 Å². The van der Waals surface area contributed by atoms with E-state index < -0.39 is 42.5 Å². The predicted molar refractivity (Wildman–Crippen MR) is 129 cm³/mol. The zero-order chi connectivity index (χ0) is 25.7. The van der Waals surface area contributed by atoms with Gasteiger partial charge in [-0.2, -0.15) is 0 Å². The van der Waals surface area contributed by atoms with E-state index in [1.165, 1.54) is 36.0 Å². The van der Waals surface area contributed by atoms with Gasteiger partial charge >= 0.3 is 5.97 Å². The predicted octanol–water partition coefficient (Wildman–Crippen LogP) is 0.831. The number of aryl methyl sites for hydroxylation is 1. The standard InChI is InChI=1S/C21H22Cl2N6O6/c1-29-9-10(4-15(20(29)35)28-21-24-2-3-25-21)19(34)26-8-16(30)27-14(7-17(31)32)12-5-11(22)6-13(23)18(12)33/h4-6,9,14,33H,2-3,7-8H2,1H3,(H,26,34)(H,27,30)(H,31,32)(H2,24,25,28). The van der Waals surface area contributed by atoms with Gasteiger partial charge < -0.3 is 36.0 Å². The molecule has 0 fully saturated rings. The largest absolute Gasteiger partial charge is 0.506 e. The number of hydrogen-bond acceptors (Lipinski definition) is 8. The number of guanidine groups is 1. The number of amides is 2. The highest BCUT2D eigenvalue weighted by atomic mass is 35.5. The molecule has 0 radical (unpaired) electrons. The van der Waals surface area contributed by atoms with E-state index in [0.29, 0.717) is 19.0 Å². The number of phenols is 1. The molecule has 35 heavy (non-hydrogen) atoms. The molecule has 3 rings (SSSR count). The van der Waals surface area contributed by atoms with E-state index in [9.17, 15) is 29.4 Å². The number of carboxylic acid groups (broad SMARTS) is 1. The van der Waals surface area contributed by atoms with E-state index >= 15 is 0 Å². The number of aliphatic imine (C=N–C) groups is 1. The molecule has 1 aliphatic heterocycles. The molecule has 1 aromatic heterocycles. The van der Waals surface area contributed by atoms with Crippen LogP contribution in [0.15, 0.2) is 34.2 Å². The summed E-state index contributed by atoms with van der Waals surface area (Å²) in [5, 5.41) is 30.1. The number of aromatic nitrogens is 1. The Balaban J connectivity index is 1.70. The summed E-state index contributed by atoms with van der Waals surface area (Å²) in [6, 6.07) is 2.73. The van der Waals surface area contributed by atoms with Gasteiger partial charge in [0.2, 0.25) is 5.91 Å². The fraction of sp³-hybridized carbons (Fsp3) is 0.286. The van der Waals surface area contributed by atoms with Crippen LogP contribution in [-0.2, 0) is 16.6 Å². The molecule has 0 bridgehead atoms. The number of aliphatic carboxylic acids is 1. The number of benzene rings is 1. The van der Waals surface area contributed by atoms with Gasteiger partial charge in [0.25, 0.3) is 11.5 Å². The van der Waals surface area contributed by atoms with Crippen LogP contribution in [0, 0.1) is 0 Å². The van der Waals surface area contributed by atoms with Crippen molar-refractivity contribution in [2.75, 3.05) is 25.0 Å². The third-order valence-corrected chi connectivity index (χ3v) is 5.44. The number of pyridine rings is 1. The summed E-state index contributed by atoms with van der Waals surface area (Å²) < 4.78 is 1.21. The minimum atomic E-state index is -1.25. The first-order chi connectivity index (χ1) is 16.5. The average Bonchev–Trinajstić information content (AvgIpc) is 3.30. The number of halogens is 2. The minimum Gasteiger partial charge on any atom is -0.506 e. The third kappa shape index (κ3) is 6.64. The van der Waals surface area contributed by atoms with Crippen molar-refractivity contribution in [1.82, 2.24) is 20.5 Å². The van der Waals surface area contributed by atoms with Crippen LogP contribution < -0.4 is 26.8 Å². The average molecular weight is 525 g/mol. The second kappa shape index (κ2) is 11.1. The highest BCUT2D eigenvalue weighted by Gasteiger charge is 2.23. The fourth-order valence-electron chi connectivity index (χ4n) is 3.31. The molecule has 1 aromatic carbocycles. The van der Waals surface area contributed by atoms with E-state index in [0.717, 1.165) is 0 Å². The first-order valence-corrected chi connectivity index (χ1v) is 11.0. The zero-order valence-corrected chi connectivity index (χ0v) is 19.9. The molecular weight excluding hydrogens is 503 g/mol. The van der Waals surface area contributed by atoms with Crippen LogP contribution in [0.3, 0.4) is 0 Å². The summed E-state index contributed by atoms with van der Waals surface area (Å²) in [4.78, 5) is 52.9. The topological polar surface area (TPSA) is 174 Å². The Labute approximate surface area is 208 Å². The Kier molecular flexibility index (Phi) is 8.20. The summed E-state index contributed by atoms with van der Waals surface area (Å²) in [7, 11) is 1.47. The normalized spacial score (nSPS) is 13.4. The third-order valence-electron chi connectivity index (χ3n) is 4.93. The summed E-state index contributed by atoms with van der Waals surface area (Å²) in [6.45, 7) is 0.670. The Morgan fingerprint density at radius 1 is 1.26 bits per heavy atom. The van der Waals surface area contributed by atoms with Crippen LogP contribution in [0.4, 0.5) is 5.69 Å². The van der Waals surface area contributed by atoms with Crippen molar-refractivity contribution < 1.29 is 24.6 Å². The first-order valence-electron chi connectivity index (χ1n) is 10.3. The van der Waals surface area contributed by atoms with Gasteiger partial charge in [0.05, 0.1) is 36.1 Å². The van der Waals surface area contributed by atoms with Crippen LogP contribution in [0.1, 0.15) is 28.4 Å². The number of rotatable bonds is 8. The number of carboxylic acids is 1. The molecule has 14 heteroatoms. The Morgan fingerprint density at radius 2 is 2.00 bits per heavy atom. The number of phenolic OH excluding ortho intramolecular Hbond substituents is 1. The number of carbonyl (C=O) groups is 3. The molecule has 0 saturated carbocycles. The van der Waals surface area contributed by atoms with Gasteiger partial charge in [-0.15, -0.1) is 0 Å². The highest BCUT2D eigenvalue weighted by molar-refractivity contribution is 6.35. The lowest BCUT2D eigenvalue weighted by Gasteiger charge is -2.20. The molecular formula is C21H22Cl2N6O6. The second-order valence-electron chi connectivity index (χ2n) is 7.57. The van der Waals surface area contributed by atoms with E-state index in [1.54, 1.807) is 0 Å². The Morgan fingerprint density at radius 3 is 2.66 bits per heavy atom. The molecule has 1 aliphatic rings. The summed E-state index contributed by atoms with van der Waals surface area (Å²) >= 11 is 11.9. The first kappa shape index (κ1) is 25.8. The maximum absolute atomic E-state index is 12.6. The fourth-order valence-corrected chi connectivity index (χ4v) is 3.82. The highest BCUT2D eigenvalue weighted by Crippen LogP contribution is 2.36. The molecule has 1 unspecified atom stereocenters. The summed E-state index contributed by atoms with van der Waals surface area (Å²) in [5.41, 5.74) is -0.149. The molecule has 2 amide bonds. The second-order valence-corrected chi connectivity index (χ2v) is 8.41. The lowest BCUT2D eigenvalue weighted by molar-refractivity contribution is -0.137. The molecule has 0 aliphatic carbocycles. The molecule has 2 aromatic rings. The van der Waals surface area contributed by atoms with Gasteiger partial charge in [-0.3, -0.25) is 24.2 Å². The minimum absolute atomic E-state index is 0.0155. The molecule has 0 spiro atoms. The van der Waals surface area contributed by atoms with E-state index in [-0.39, 0.29) is 32.4 Å². The van der Waals surface area contributed by atoms with Crippen LogP contribution >= 0.6 is 23.2 Å².